The molecule has 2 aromatic carbocycles. The summed E-state index contributed by atoms with van der Waals surface area (Å²) >= 11 is 0. The van der Waals surface area contributed by atoms with Gasteiger partial charge in [-0.1, -0.05) is 43.3 Å². The first-order chi connectivity index (χ1) is 16.9. The Balaban J connectivity index is 1.53. The summed E-state index contributed by atoms with van der Waals surface area (Å²) < 4.78 is 119. The van der Waals surface area contributed by atoms with Crippen LogP contribution in [0.5, 0.6) is 0 Å². The number of sulfonamides is 1. The third-order valence-corrected chi connectivity index (χ3v) is 8.31. The molecule has 1 spiro atoms. The lowest BCUT2D eigenvalue weighted by atomic mass is 9.74. The van der Waals surface area contributed by atoms with Gasteiger partial charge >= 0.3 is 12.4 Å². The van der Waals surface area contributed by atoms with Crippen LogP contribution in [-0.2, 0) is 28.6 Å². The zero-order valence-electron chi connectivity index (χ0n) is 19.9. The lowest BCUT2D eigenvalue weighted by molar-refractivity contribution is -0.376. The van der Waals surface area contributed by atoms with Crippen LogP contribution in [0.25, 0.3) is 11.1 Å². The van der Waals surface area contributed by atoms with Crippen molar-refractivity contribution in [2.75, 3.05) is 32.4 Å². The Hall–Kier alpha value is -2.22. The minimum atomic E-state index is -5.99. The van der Waals surface area contributed by atoms with Gasteiger partial charge in [0.15, 0.2) is 0 Å². The molecule has 0 aliphatic carbocycles. The fourth-order valence-corrected chi connectivity index (χ4v) is 6.20. The van der Waals surface area contributed by atoms with Crippen molar-refractivity contribution in [1.29, 1.82) is 0 Å². The molecular formula is C24H25F7N2O3S. The van der Waals surface area contributed by atoms with Crippen LogP contribution >= 0.6 is 0 Å². The van der Waals surface area contributed by atoms with Crippen molar-refractivity contribution in [3.63, 3.8) is 0 Å². The number of benzene rings is 2. The maximum atomic E-state index is 15.4. The zero-order chi connectivity index (χ0) is 27.6. The molecule has 2 aliphatic heterocycles. The lowest BCUT2D eigenvalue weighted by Crippen LogP contribution is -2.72. The van der Waals surface area contributed by atoms with Gasteiger partial charge in [-0.3, -0.25) is 4.90 Å². The second-order valence-corrected chi connectivity index (χ2v) is 11.9. The predicted octanol–water partition coefficient (Wildman–Crippen LogP) is 4.44. The minimum Gasteiger partial charge on any atom is -0.369 e. The number of aliphatic hydroxyl groups is 1. The van der Waals surface area contributed by atoms with Crippen molar-refractivity contribution in [2.45, 2.75) is 37.8 Å². The van der Waals surface area contributed by atoms with E-state index in [-0.39, 0.29) is 29.5 Å². The summed E-state index contributed by atoms with van der Waals surface area (Å²) in [5.41, 5.74) is -5.37. The normalized spacial score (nSPS) is 19.1. The Labute approximate surface area is 209 Å². The summed E-state index contributed by atoms with van der Waals surface area (Å²) in [5, 5.41) is 9.58. The van der Waals surface area contributed by atoms with Crippen molar-refractivity contribution in [1.82, 2.24) is 9.21 Å². The van der Waals surface area contributed by atoms with E-state index in [2.05, 4.69) is 0 Å². The van der Waals surface area contributed by atoms with Crippen molar-refractivity contribution < 1.29 is 44.3 Å². The summed E-state index contributed by atoms with van der Waals surface area (Å²) in [7, 11) is -3.23. The van der Waals surface area contributed by atoms with Gasteiger partial charge in [0.1, 0.15) is 5.82 Å². The summed E-state index contributed by atoms with van der Waals surface area (Å²) in [6.07, 6.45) is -10.6. The number of nitrogens with zero attached hydrogens (tertiary/aromatic N) is 2. The molecule has 0 bridgehead atoms. The SMILES string of the molecule is CCc1c(-c2ccc(C(O)(C(F)(F)F)C(F)(F)F)cc2)ccc(CN2CC3(C2)CN(S(C)(=O)=O)C3)c1F. The Kier molecular flexibility index (Phi) is 6.71. The molecule has 2 heterocycles. The quantitative estimate of drug-likeness (QED) is 0.537. The van der Waals surface area contributed by atoms with Crippen LogP contribution in [-0.4, -0.2) is 67.5 Å². The second-order valence-electron chi connectivity index (χ2n) is 9.88. The highest BCUT2D eigenvalue weighted by molar-refractivity contribution is 7.88. The summed E-state index contributed by atoms with van der Waals surface area (Å²) in [6, 6.07) is 6.16. The Morgan fingerprint density at radius 3 is 1.92 bits per heavy atom. The average molecular weight is 555 g/mol. The fourth-order valence-electron chi connectivity index (χ4n) is 5.18. The molecule has 0 saturated carbocycles. The van der Waals surface area contributed by atoms with E-state index in [1.807, 2.05) is 4.90 Å². The zero-order valence-corrected chi connectivity index (χ0v) is 20.7. The van der Waals surface area contributed by atoms with E-state index in [0.717, 1.165) is 18.4 Å². The molecule has 2 fully saturated rings. The molecule has 2 aliphatic rings. The van der Waals surface area contributed by atoms with Gasteiger partial charge in [0, 0.05) is 49.3 Å². The van der Waals surface area contributed by atoms with Crippen molar-refractivity contribution in [3.8, 4) is 11.1 Å². The van der Waals surface area contributed by atoms with E-state index < -0.39 is 39.4 Å². The van der Waals surface area contributed by atoms with Gasteiger partial charge in [-0.05, 0) is 23.1 Å². The smallest absolute Gasteiger partial charge is 0.369 e. The molecule has 0 amide bonds. The van der Waals surface area contributed by atoms with Crippen LogP contribution in [0.2, 0.25) is 0 Å². The molecule has 37 heavy (non-hydrogen) atoms. The highest BCUT2D eigenvalue weighted by Gasteiger charge is 2.71. The number of likely N-dealkylation sites (tertiary alicyclic amines) is 1. The van der Waals surface area contributed by atoms with E-state index in [9.17, 15) is 39.9 Å². The van der Waals surface area contributed by atoms with E-state index in [1.165, 1.54) is 10.4 Å². The monoisotopic (exact) mass is 554 g/mol. The Morgan fingerprint density at radius 1 is 0.919 bits per heavy atom. The van der Waals surface area contributed by atoms with Crippen molar-refractivity contribution in [2.24, 2.45) is 5.41 Å². The molecule has 13 heteroatoms. The Morgan fingerprint density at radius 2 is 1.46 bits per heavy atom. The molecule has 204 valence electrons. The third-order valence-electron chi connectivity index (χ3n) is 7.12. The molecule has 5 nitrogen and oxygen atoms in total. The number of rotatable bonds is 6. The van der Waals surface area contributed by atoms with Crippen LogP contribution in [0.15, 0.2) is 36.4 Å². The van der Waals surface area contributed by atoms with Gasteiger partial charge in [0.05, 0.1) is 6.26 Å². The standard InChI is InChI=1S/C24H25F7N2O3S/c1-3-18-19(15-4-7-17(8-5-15)22(34,23(26,27)28)24(29,30)31)9-6-16(20(18)25)10-32-11-21(12-32)13-33(14-21)37(2,35)36/h4-9,34H,3,10-14H2,1-2H3. The van der Waals surface area contributed by atoms with Gasteiger partial charge < -0.3 is 5.11 Å². The average Bonchev–Trinajstić information content (AvgIpc) is 2.72. The van der Waals surface area contributed by atoms with Gasteiger partial charge in [-0.2, -0.15) is 26.3 Å². The van der Waals surface area contributed by atoms with E-state index in [0.29, 0.717) is 49.4 Å². The molecule has 0 unspecified atom stereocenters. The molecule has 2 aromatic rings. The van der Waals surface area contributed by atoms with Crippen molar-refractivity contribution in [3.05, 3.63) is 58.9 Å². The Bertz CT molecular complexity index is 1260. The molecule has 2 saturated heterocycles. The largest absolute Gasteiger partial charge is 0.430 e. The molecule has 0 radical (unpaired) electrons. The maximum Gasteiger partial charge on any atom is 0.430 e. The van der Waals surface area contributed by atoms with Crippen molar-refractivity contribution >= 4 is 10.0 Å². The van der Waals surface area contributed by atoms with Gasteiger partial charge in [0.25, 0.3) is 5.60 Å². The summed E-state index contributed by atoms with van der Waals surface area (Å²) in [4.78, 5) is 1.99. The first kappa shape index (κ1) is 27.8. The first-order valence-corrected chi connectivity index (χ1v) is 13.2. The van der Waals surface area contributed by atoms with Crippen LogP contribution in [0.1, 0.15) is 23.6 Å². The molecule has 1 N–H and O–H groups in total. The van der Waals surface area contributed by atoms with Gasteiger partial charge in [0.2, 0.25) is 10.0 Å². The second kappa shape index (κ2) is 8.92. The van der Waals surface area contributed by atoms with Crippen LogP contribution < -0.4 is 0 Å². The number of halogens is 7. The van der Waals surface area contributed by atoms with E-state index in [4.69, 9.17) is 0 Å². The number of hydrogen-bond acceptors (Lipinski definition) is 4. The fraction of sp³-hybridized carbons (Fsp3) is 0.500. The van der Waals surface area contributed by atoms with E-state index >= 15 is 4.39 Å². The van der Waals surface area contributed by atoms with E-state index in [1.54, 1.807) is 13.0 Å². The highest BCUT2D eigenvalue weighted by Crippen LogP contribution is 2.50. The topological polar surface area (TPSA) is 60.9 Å². The third kappa shape index (κ3) is 4.75. The maximum absolute atomic E-state index is 15.4. The molecule has 4 rings (SSSR count). The van der Waals surface area contributed by atoms with Gasteiger partial charge in [-0.25, -0.2) is 17.1 Å². The number of alkyl halides is 6. The number of hydrogen-bond donors (Lipinski definition) is 1. The lowest BCUT2D eigenvalue weighted by Gasteiger charge is -2.59. The first-order valence-electron chi connectivity index (χ1n) is 11.4. The predicted molar refractivity (Wildman–Crippen MR) is 121 cm³/mol. The van der Waals surface area contributed by atoms with Crippen LogP contribution in [0.3, 0.4) is 0 Å². The molecular weight excluding hydrogens is 529 g/mol. The minimum absolute atomic E-state index is 0.121. The van der Waals surface area contributed by atoms with Gasteiger partial charge in [-0.15, -0.1) is 0 Å². The summed E-state index contributed by atoms with van der Waals surface area (Å²) in [6.45, 7) is 4.05. The van der Waals surface area contributed by atoms with Crippen LogP contribution in [0.4, 0.5) is 30.7 Å². The molecule has 0 aromatic heterocycles. The molecule has 0 atom stereocenters. The highest BCUT2D eigenvalue weighted by atomic mass is 32.2. The van der Waals surface area contributed by atoms with Crippen LogP contribution in [0, 0.1) is 11.2 Å². The summed E-state index contributed by atoms with van der Waals surface area (Å²) in [5.74, 6) is -0.515.